The topological polar surface area (TPSA) is 143 Å². The number of carbonyl (C=O) groups is 2. The molecule has 6 rings (SSSR count). The fraction of sp³-hybridized carbons (Fsp3) is 0.407. The SMILES string of the molecule is CC[C@@]1(O)C(=O)OCc2c1cc1n(c2=O)Cc2c-1nc1cc(F)c(C)c3c1c2[C@@H](NC(=O)NCCO)CC3. The van der Waals surface area contributed by atoms with Gasteiger partial charge in [-0.3, -0.25) is 4.79 Å². The van der Waals surface area contributed by atoms with E-state index in [2.05, 4.69) is 10.6 Å². The zero-order valence-electron chi connectivity index (χ0n) is 21.0. The number of amides is 2. The number of ether oxygens (including phenoxy) is 1. The van der Waals surface area contributed by atoms with Crippen molar-refractivity contribution in [1.82, 2.24) is 20.2 Å². The Bertz CT molecular complexity index is 1620. The molecule has 2 amide bonds. The number of esters is 1. The lowest BCUT2D eigenvalue weighted by atomic mass is 9.81. The summed E-state index contributed by atoms with van der Waals surface area (Å²) < 4.78 is 21.6. The van der Waals surface area contributed by atoms with Crippen LogP contribution in [-0.4, -0.2) is 44.9 Å². The van der Waals surface area contributed by atoms with Crippen molar-refractivity contribution < 1.29 is 28.9 Å². The van der Waals surface area contributed by atoms with Crippen LogP contribution in [0.1, 0.15) is 59.2 Å². The molecule has 10 nitrogen and oxygen atoms in total. The van der Waals surface area contributed by atoms with Crippen LogP contribution in [0.15, 0.2) is 16.9 Å². The minimum Gasteiger partial charge on any atom is -0.458 e. The van der Waals surface area contributed by atoms with Crippen LogP contribution >= 0.6 is 0 Å². The summed E-state index contributed by atoms with van der Waals surface area (Å²) >= 11 is 0. The summed E-state index contributed by atoms with van der Waals surface area (Å²) in [6, 6.07) is 2.09. The van der Waals surface area contributed by atoms with Crippen LogP contribution in [0.4, 0.5) is 9.18 Å². The number of urea groups is 1. The Kier molecular flexibility index (Phi) is 5.55. The summed E-state index contributed by atoms with van der Waals surface area (Å²) in [4.78, 5) is 43.4. The van der Waals surface area contributed by atoms with E-state index in [0.717, 1.165) is 22.1 Å². The summed E-state index contributed by atoms with van der Waals surface area (Å²) in [6.45, 7) is 3.18. The van der Waals surface area contributed by atoms with Crippen LogP contribution in [0, 0.1) is 12.7 Å². The van der Waals surface area contributed by atoms with Crippen molar-refractivity contribution in [2.45, 2.75) is 57.9 Å². The van der Waals surface area contributed by atoms with Gasteiger partial charge in [0.05, 0.1) is 41.7 Å². The van der Waals surface area contributed by atoms with E-state index in [9.17, 15) is 23.9 Å². The fourth-order valence-electron chi connectivity index (χ4n) is 6.08. The normalized spacial score (nSPS) is 21.0. The van der Waals surface area contributed by atoms with E-state index in [-0.39, 0.29) is 49.7 Å². The van der Waals surface area contributed by atoms with Gasteiger partial charge in [-0.25, -0.2) is 19.0 Å². The van der Waals surface area contributed by atoms with E-state index in [1.165, 1.54) is 10.6 Å². The standard InChI is InChI=1S/C27H27FN4O6/c1-3-27(37)16-8-20-23-14(10-32(20)24(34)15(16)11-38-25(27)35)22-18(31-26(36)29-6-7-33)5-4-13-12(2)17(28)9-19(30-23)21(13)22/h8-9,18,33,37H,3-7,10-11H2,1-2H3,(H2,29,31,36)/t18-,27-/m0/s1. The number of rotatable bonds is 4. The molecular formula is C27H27FN4O6. The van der Waals surface area contributed by atoms with Crippen LogP contribution in [-0.2, 0) is 34.7 Å². The molecule has 198 valence electrons. The molecule has 3 aromatic rings. The van der Waals surface area contributed by atoms with Gasteiger partial charge in [-0.15, -0.1) is 0 Å². The number of nitrogens with one attached hydrogen (secondary N) is 2. The highest BCUT2D eigenvalue weighted by Gasteiger charge is 2.46. The Balaban J connectivity index is 1.60. The first-order valence-electron chi connectivity index (χ1n) is 12.7. The minimum absolute atomic E-state index is 0.0216. The highest BCUT2D eigenvalue weighted by molar-refractivity contribution is 5.93. The molecule has 3 aliphatic rings. The number of benzene rings is 1. The molecule has 0 bridgehead atoms. The number of halogens is 1. The second-order valence-electron chi connectivity index (χ2n) is 10.0. The number of aliphatic hydroxyl groups is 2. The molecule has 2 atom stereocenters. The number of aliphatic hydroxyl groups excluding tert-OH is 1. The Morgan fingerprint density at radius 3 is 2.82 bits per heavy atom. The molecule has 0 unspecified atom stereocenters. The van der Waals surface area contributed by atoms with Gasteiger partial charge in [-0.2, -0.15) is 0 Å². The third kappa shape index (κ3) is 3.31. The van der Waals surface area contributed by atoms with Crippen molar-refractivity contribution in [3.05, 3.63) is 61.7 Å². The van der Waals surface area contributed by atoms with Gasteiger partial charge in [-0.05, 0) is 48.9 Å². The predicted molar refractivity (Wildman–Crippen MR) is 134 cm³/mol. The maximum absolute atomic E-state index is 14.9. The highest BCUT2D eigenvalue weighted by atomic mass is 19.1. The summed E-state index contributed by atoms with van der Waals surface area (Å²) in [7, 11) is 0. The van der Waals surface area contributed by atoms with E-state index in [0.29, 0.717) is 35.3 Å². The quantitative estimate of drug-likeness (QED) is 0.299. The average molecular weight is 523 g/mol. The van der Waals surface area contributed by atoms with Gasteiger partial charge in [0.25, 0.3) is 5.56 Å². The van der Waals surface area contributed by atoms with E-state index in [4.69, 9.17) is 14.8 Å². The number of cyclic esters (lactones) is 1. The lowest BCUT2D eigenvalue weighted by molar-refractivity contribution is -0.172. The molecule has 0 fully saturated rings. The zero-order valence-corrected chi connectivity index (χ0v) is 21.0. The summed E-state index contributed by atoms with van der Waals surface area (Å²) in [5.74, 6) is -1.20. The van der Waals surface area contributed by atoms with Gasteiger partial charge in [0.1, 0.15) is 12.4 Å². The number of aromatic nitrogens is 2. The van der Waals surface area contributed by atoms with Crippen LogP contribution in [0.3, 0.4) is 0 Å². The monoisotopic (exact) mass is 522 g/mol. The summed E-state index contributed by atoms with van der Waals surface area (Å²) in [6.07, 6.45) is 1.06. The molecule has 0 saturated heterocycles. The number of hydrogen-bond donors (Lipinski definition) is 4. The first kappa shape index (κ1) is 24.5. The molecule has 2 aliphatic heterocycles. The van der Waals surface area contributed by atoms with Crippen molar-refractivity contribution in [3.63, 3.8) is 0 Å². The smallest absolute Gasteiger partial charge is 0.343 e. The van der Waals surface area contributed by atoms with Gasteiger partial charge < -0.3 is 30.2 Å². The van der Waals surface area contributed by atoms with Crippen LogP contribution in [0.5, 0.6) is 0 Å². The van der Waals surface area contributed by atoms with E-state index in [1.807, 2.05) is 0 Å². The van der Waals surface area contributed by atoms with Crippen molar-refractivity contribution in [2.75, 3.05) is 13.2 Å². The van der Waals surface area contributed by atoms with Gasteiger partial charge >= 0.3 is 12.0 Å². The first-order chi connectivity index (χ1) is 18.2. The Hall–Kier alpha value is -3.83. The first-order valence-corrected chi connectivity index (χ1v) is 12.7. The predicted octanol–water partition coefficient (Wildman–Crippen LogP) is 1.81. The lowest BCUT2D eigenvalue weighted by Gasteiger charge is -2.31. The third-order valence-electron chi connectivity index (χ3n) is 8.08. The molecule has 2 aromatic heterocycles. The van der Waals surface area contributed by atoms with Gasteiger partial charge in [0.2, 0.25) is 0 Å². The van der Waals surface area contributed by atoms with Crippen molar-refractivity contribution in [1.29, 1.82) is 0 Å². The molecule has 0 spiro atoms. The Morgan fingerprint density at radius 1 is 1.29 bits per heavy atom. The van der Waals surface area contributed by atoms with Gasteiger partial charge in [0.15, 0.2) is 5.60 Å². The largest absolute Gasteiger partial charge is 0.458 e. The van der Waals surface area contributed by atoms with Crippen molar-refractivity contribution in [2.24, 2.45) is 0 Å². The molecule has 0 saturated carbocycles. The van der Waals surface area contributed by atoms with Crippen LogP contribution in [0.25, 0.3) is 22.3 Å². The Morgan fingerprint density at radius 2 is 2.08 bits per heavy atom. The molecular weight excluding hydrogens is 495 g/mol. The number of pyridine rings is 2. The number of carbonyl (C=O) groups excluding carboxylic acids is 2. The molecule has 4 N–H and O–H groups in total. The van der Waals surface area contributed by atoms with E-state index in [1.54, 1.807) is 19.9 Å². The number of hydrogen-bond acceptors (Lipinski definition) is 7. The second kappa shape index (κ2) is 8.60. The molecule has 1 aliphatic carbocycles. The van der Waals surface area contributed by atoms with Crippen molar-refractivity contribution in [3.8, 4) is 11.4 Å². The van der Waals surface area contributed by atoms with Gasteiger partial charge in [0, 0.05) is 29.1 Å². The molecule has 4 heterocycles. The molecule has 0 radical (unpaired) electrons. The van der Waals surface area contributed by atoms with E-state index >= 15 is 0 Å². The van der Waals surface area contributed by atoms with Gasteiger partial charge in [-0.1, -0.05) is 6.92 Å². The van der Waals surface area contributed by atoms with Crippen LogP contribution < -0.4 is 16.2 Å². The minimum atomic E-state index is -1.96. The fourth-order valence-corrected chi connectivity index (χ4v) is 6.08. The lowest BCUT2D eigenvalue weighted by Crippen LogP contribution is -2.44. The number of aryl methyl sites for hydroxylation is 1. The number of fused-ring (bicyclic) bond motifs is 5. The molecule has 11 heteroatoms. The molecule has 1 aromatic carbocycles. The summed E-state index contributed by atoms with van der Waals surface area (Å²) in [5.41, 5.74) is 2.17. The van der Waals surface area contributed by atoms with Crippen molar-refractivity contribution >= 4 is 22.9 Å². The second-order valence-corrected chi connectivity index (χ2v) is 10.0. The highest BCUT2D eigenvalue weighted by Crippen LogP contribution is 2.45. The van der Waals surface area contributed by atoms with Crippen LogP contribution in [0.2, 0.25) is 0 Å². The molecule has 38 heavy (non-hydrogen) atoms. The maximum atomic E-state index is 14.9. The average Bonchev–Trinajstić information content (AvgIpc) is 3.27. The summed E-state index contributed by atoms with van der Waals surface area (Å²) in [5, 5.41) is 26.5. The zero-order chi connectivity index (χ0) is 26.9. The Labute approximate surface area is 216 Å². The number of nitrogens with zero attached hydrogens (tertiary/aromatic N) is 2. The third-order valence-corrected chi connectivity index (χ3v) is 8.08. The van der Waals surface area contributed by atoms with E-state index < -0.39 is 29.2 Å². The maximum Gasteiger partial charge on any atom is 0.343 e.